The standard InChI is InChI=1S/C23H18N4O6/c28-22(24-15-2-4-18-21(10-15)31-8-7-30-18)12-26-5-6-27-17(23(26)29)11-16(25-27)14-1-3-19-20(9-14)33-13-32-19/h1-6,9-11H,7-8,12-13H2,(H,24,28). The van der Waals surface area contributed by atoms with Crippen LogP contribution >= 0.6 is 0 Å². The first kappa shape index (κ1) is 19.2. The van der Waals surface area contributed by atoms with Crippen LogP contribution in [-0.2, 0) is 11.3 Å². The summed E-state index contributed by atoms with van der Waals surface area (Å²) in [6.45, 7) is 0.992. The normalized spacial score (nSPS) is 13.8. The molecule has 2 aliphatic rings. The van der Waals surface area contributed by atoms with E-state index in [-0.39, 0.29) is 24.8 Å². The van der Waals surface area contributed by atoms with Crippen molar-refractivity contribution in [2.75, 3.05) is 25.3 Å². The summed E-state index contributed by atoms with van der Waals surface area (Å²) in [4.78, 5) is 25.6. The minimum absolute atomic E-state index is 0.145. The van der Waals surface area contributed by atoms with Crippen LogP contribution in [0.15, 0.2) is 59.7 Å². The van der Waals surface area contributed by atoms with Crippen molar-refractivity contribution in [2.45, 2.75) is 6.54 Å². The highest BCUT2D eigenvalue weighted by atomic mass is 16.7. The lowest BCUT2D eigenvalue weighted by atomic mass is 10.1. The molecule has 4 heterocycles. The van der Waals surface area contributed by atoms with Crippen LogP contribution in [0.1, 0.15) is 0 Å². The number of fused-ring (bicyclic) bond motifs is 3. The van der Waals surface area contributed by atoms with Gasteiger partial charge in [0.15, 0.2) is 23.0 Å². The monoisotopic (exact) mass is 446 g/mol. The lowest BCUT2D eigenvalue weighted by molar-refractivity contribution is -0.116. The smallest absolute Gasteiger partial charge is 0.277 e. The van der Waals surface area contributed by atoms with Crippen molar-refractivity contribution in [3.8, 4) is 34.3 Å². The highest BCUT2D eigenvalue weighted by Crippen LogP contribution is 2.35. The predicted octanol–water partition coefficient (Wildman–Crippen LogP) is 2.30. The molecule has 10 nitrogen and oxygen atoms in total. The van der Waals surface area contributed by atoms with Gasteiger partial charge in [-0.1, -0.05) is 0 Å². The third kappa shape index (κ3) is 3.51. The molecule has 1 amide bonds. The van der Waals surface area contributed by atoms with Crippen LogP contribution < -0.4 is 29.8 Å². The van der Waals surface area contributed by atoms with Crippen molar-refractivity contribution in [2.24, 2.45) is 0 Å². The predicted molar refractivity (Wildman–Crippen MR) is 117 cm³/mol. The largest absolute Gasteiger partial charge is 0.486 e. The number of ether oxygens (including phenoxy) is 4. The van der Waals surface area contributed by atoms with Gasteiger partial charge >= 0.3 is 0 Å². The maximum atomic E-state index is 13.0. The van der Waals surface area contributed by atoms with Gasteiger partial charge in [-0.15, -0.1) is 0 Å². The fourth-order valence-electron chi connectivity index (χ4n) is 3.82. The summed E-state index contributed by atoms with van der Waals surface area (Å²) in [5.74, 6) is 2.19. The van der Waals surface area contributed by atoms with Crippen LogP contribution in [0.2, 0.25) is 0 Å². The van der Waals surface area contributed by atoms with Gasteiger partial charge in [0.05, 0.1) is 5.69 Å². The quantitative estimate of drug-likeness (QED) is 0.513. The van der Waals surface area contributed by atoms with Crippen LogP contribution in [0.3, 0.4) is 0 Å². The van der Waals surface area contributed by atoms with Crippen LogP contribution in [0.25, 0.3) is 16.8 Å². The molecule has 2 aromatic carbocycles. The zero-order chi connectivity index (χ0) is 22.4. The molecule has 10 heteroatoms. The highest BCUT2D eigenvalue weighted by molar-refractivity contribution is 5.91. The first-order valence-electron chi connectivity index (χ1n) is 10.3. The van der Waals surface area contributed by atoms with E-state index in [4.69, 9.17) is 18.9 Å². The van der Waals surface area contributed by atoms with E-state index in [9.17, 15) is 9.59 Å². The fourth-order valence-corrected chi connectivity index (χ4v) is 3.82. The van der Waals surface area contributed by atoms with Gasteiger partial charge in [0.2, 0.25) is 12.7 Å². The maximum absolute atomic E-state index is 13.0. The van der Waals surface area contributed by atoms with E-state index >= 15 is 0 Å². The van der Waals surface area contributed by atoms with E-state index in [1.54, 1.807) is 30.5 Å². The van der Waals surface area contributed by atoms with E-state index < -0.39 is 0 Å². The number of rotatable bonds is 4. The summed E-state index contributed by atoms with van der Waals surface area (Å²) < 4.78 is 24.6. The average Bonchev–Trinajstić information content (AvgIpc) is 3.48. The molecule has 0 spiro atoms. The van der Waals surface area contributed by atoms with Crippen molar-refractivity contribution in [3.05, 3.63) is 65.2 Å². The number of aromatic nitrogens is 3. The van der Waals surface area contributed by atoms with Gasteiger partial charge < -0.3 is 28.8 Å². The third-order valence-electron chi connectivity index (χ3n) is 5.41. The Kier molecular flexibility index (Phi) is 4.42. The molecular formula is C23H18N4O6. The van der Waals surface area contributed by atoms with Crippen LogP contribution in [0.4, 0.5) is 5.69 Å². The lowest BCUT2D eigenvalue weighted by Gasteiger charge is -2.19. The minimum atomic E-state index is -0.339. The number of amides is 1. The molecule has 33 heavy (non-hydrogen) atoms. The number of carbonyl (C=O) groups excluding carboxylic acids is 1. The molecule has 6 rings (SSSR count). The van der Waals surface area contributed by atoms with E-state index in [2.05, 4.69) is 10.4 Å². The van der Waals surface area contributed by atoms with Gasteiger partial charge in [-0.3, -0.25) is 9.59 Å². The van der Waals surface area contributed by atoms with Crippen molar-refractivity contribution < 1.29 is 23.7 Å². The number of carbonyl (C=O) groups is 1. The molecule has 0 unspecified atom stereocenters. The third-order valence-corrected chi connectivity index (χ3v) is 5.41. The first-order chi connectivity index (χ1) is 16.1. The SMILES string of the molecule is O=C(Cn1ccn2nc(-c3ccc4c(c3)OCO4)cc2c1=O)Nc1ccc2c(c1)OCCO2. The van der Waals surface area contributed by atoms with Crippen molar-refractivity contribution in [1.82, 2.24) is 14.2 Å². The number of hydrogen-bond donors (Lipinski definition) is 1. The fraction of sp³-hybridized carbons (Fsp3) is 0.174. The molecule has 2 aliphatic heterocycles. The van der Waals surface area contributed by atoms with Crippen molar-refractivity contribution in [1.29, 1.82) is 0 Å². The van der Waals surface area contributed by atoms with Gasteiger partial charge in [0.1, 0.15) is 25.3 Å². The average molecular weight is 446 g/mol. The van der Waals surface area contributed by atoms with E-state index in [0.29, 0.717) is 53.1 Å². The van der Waals surface area contributed by atoms with Gasteiger partial charge in [0.25, 0.3) is 5.56 Å². The van der Waals surface area contributed by atoms with E-state index in [0.717, 1.165) is 5.56 Å². The van der Waals surface area contributed by atoms with Crippen molar-refractivity contribution in [3.63, 3.8) is 0 Å². The van der Waals surface area contributed by atoms with Gasteiger partial charge in [-0.2, -0.15) is 5.10 Å². The Labute approximate surface area is 186 Å². The highest BCUT2D eigenvalue weighted by Gasteiger charge is 2.17. The second-order valence-electron chi connectivity index (χ2n) is 7.57. The Morgan fingerprint density at radius 3 is 2.58 bits per heavy atom. The molecule has 0 atom stereocenters. The summed E-state index contributed by atoms with van der Waals surface area (Å²) in [6.07, 6.45) is 3.18. The summed E-state index contributed by atoms with van der Waals surface area (Å²) in [5.41, 5.74) is 2.01. The topological polar surface area (TPSA) is 105 Å². The molecule has 0 saturated carbocycles. The second-order valence-corrected chi connectivity index (χ2v) is 7.57. The number of hydrogen-bond acceptors (Lipinski definition) is 7. The summed E-state index contributed by atoms with van der Waals surface area (Å²) in [5, 5.41) is 7.27. The first-order valence-corrected chi connectivity index (χ1v) is 10.3. The van der Waals surface area contributed by atoms with Crippen LogP contribution in [0, 0.1) is 0 Å². The Morgan fingerprint density at radius 2 is 1.67 bits per heavy atom. The molecule has 166 valence electrons. The van der Waals surface area contributed by atoms with E-state index in [1.807, 2.05) is 18.2 Å². The molecule has 2 aromatic heterocycles. The molecule has 0 fully saturated rings. The number of nitrogens with zero attached hydrogens (tertiary/aromatic N) is 3. The lowest BCUT2D eigenvalue weighted by Crippen LogP contribution is -2.28. The minimum Gasteiger partial charge on any atom is -0.486 e. The van der Waals surface area contributed by atoms with Gasteiger partial charge in [-0.05, 0) is 36.4 Å². The zero-order valence-electron chi connectivity index (χ0n) is 17.3. The molecule has 0 aliphatic carbocycles. The molecule has 0 bridgehead atoms. The summed E-state index contributed by atoms with van der Waals surface area (Å²) >= 11 is 0. The number of anilines is 1. The summed E-state index contributed by atoms with van der Waals surface area (Å²) in [7, 11) is 0. The molecule has 4 aromatic rings. The van der Waals surface area contributed by atoms with Gasteiger partial charge in [0, 0.05) is 29.7 Å². The van der Waals surface area contributed by atoms with Gasteiger partial charge in [-0.25, -0.2) is 4.52 Å². The molecule has 1 N–H and O–H groups in total. The Morgan fingerprint density at radius 1 is 0.909 bits per heavy atom. The Hall–Kier alpha value is -4.47. The molecule has 0 saturated heterocycles. The molecular weight excluding hydrogens is 428 g/mol. The Bertz CT molecular complexity index is 1460. The van der Waals surface area contributed by atoms with Crippen molar-refractivity contribution >= 4 is 17.1 Å². The van der Waals surface area contributed by atoms with Crippen LogP contribution in [-0.4, -0.2) is 40.1 Å². The summed E-state index contributed by atoms with van der Waals surface area (Å²) in [6, 6.07) is 12.3. The number of benzene rings is 2. The van der Waals surface area contributed by atoms with E-state index in [1.165, 1.54) is 15.3 Å². The number of nitrogens with one attached hydrogen (secondary N) is 1. The second kappa shape index (κ2) is 7.59. The maximum Gasteiger partial charge on any atom is 0.277 e. The molecule has 0 radical (unpaired) electrons. The van der Waals surface area contributed by atoms with Crippen LogP contribution in [0.5, 0.6) is 23.0 Å². The zero-order valence-corrected chi connectivity index (χ0v) is 17.3. The Balaban J connectivity index is 1.23.